The van der Waals surface area contributed by atoms with E-state index in [1.807, 2.05) is 0 Å². The molecule has 0 aliphatic rings. The minimum atomic E-state index is -0.459. The van der Waals surface area contributed by atoms with Gasteiger partial charge in [-0.25, -0.2) is 9.18 Å². The number of ether oxygens (including phenoxy) is 2. The first-order valence-electron chi connectivity index (χ1n) is 5.87. The zero-order valence-electron chi connectivity index (χ0n) is 11.1. The molecule has 1 aromatic carbocycles. The van der Waals surface area contributed by atoms with Gasteiger partial charge < -0.3 is 19.2 Å². The van der Waals surface area contributed by atoms with Crippen LogP contribution in [0.25, 0.3) is 0 Å². The average Bonchev–Trinajstić information content (AvgIpc) is 2.93. The maximum absolute atomic E-state index is 13.1. The van der Waals surface area contributed by atoms with E-state index < -0.39 is 5.97 Å². The first-order chi connectivity index (χ1) is 9.63. The number of esters is 1. The molecule has 0 amide bonds. The molecule has 0 atom stereocenters. The molecule has 1 N–H and O–H groups in total. The van der Waals surface area contributed by atoms with Crippen LogP contribution in [-0.2, 0) is 11.3 Å². The third kappa shape index (κ3) is 3.09. The van der Waals surface area contributed by atoms with Crippen LogP contribution >= 0.6 is 0 Å². The van der Waals surface area contributed by atoms with Crippen molar-refractivity contribution in [3.8, 4) is 5.75 Å². The lowest BCUT2D eigenvalue weighted by molar-refractivity contribution is 0.0600. The molecule has 1 aromatic heterocycles. The van der Waals surface area contributed by atoms with Gasteiger partial charge in [0, 0.05) is 6.07 Å². The van der Waals surface area contributed by atoms with E-state index in [2.05, 4.69) is 10.1 Å². The number of benzene rings is 1. The summed E-state index contributed by atoms with van der Waals surface area (Å²) in [4.78, 5) is 11.3. The molecular weight excluding hydrogens is 265 g/mol. The van der Waals surface area contributed by atoms with E-state index in [-0.39, 0.29) is 5.82 Å². The fourth-order valence-electron chi connectivity index (χ4n) is 1.69. The highest BCUT2D eigenvalue weighted by molar-refractivity contribution is 5.89. The number of hydrogen-bond donors (Lipinski definition) is 1. The van der Waals surface area contributed by atoms with Gasteiger partial charge >= 0.3 is 5.97 Å². The number of rotatable bonds is 5. The number of anilines is 1. The van der Waals surface area contributed by atoms with Crippen LogP contribution in [0.15, 0.2) is 34.9 Å². The summed E-state index contributed by atoms with van der Waals surface area (Å²) in [5.41, 5.74) is 0.972. The van der Waals surface area contributed by atoms with Gasteiger partial charge in [-0.1, -0.05) is 0 Å². The molecular formula is C14H14FNO4. The van der Waals surface area contributed by atoms with Gasteiger partial charge in [0.15, 0.2) is 0 Å². The number of carbonyl (C=O) groups excluding carboxylic acids is 1. The Bertz CT molecular complexity index is 609. The van der Waals surface area contributed by atoms with E-state index in [1.54, 1.807) is 12.1 Å². The summed E-state index contributed by atoms with van der Waals surface area (Å²) >= 11 is 0. The molecule has 0 aliphatic heterocycles. The Balaban J connectivity index is 2.05. The number of carbonyl (C=O) groups is 1. The molecule has 0 saturated heterocycles. The van der Waals surface area contributed by atoms with Gasteiger partial charge in [-0.15, -0.1) is 0 Å². The molecule has 2 rings (SSSR count). The van der Waals surface area contributed by atoms with Gasteiger partial charge in [0.2, 0.25) is 0 Å². The van der Waals surface area contributed by atoms with Gasteiger partial charge in [-0.3, -0.25) is 0 Å². The topological polar surface area (TPSA) is 60.7 Å². The van der Waals surface area contributed by atoms with Gasteiger partial charge in [-0.2, -0.15) is 0 Å². The molecule has 5 nitrogen and oxygen atoms in total. The monoisotopic (exact) mass is 279 g/mol. The van der Waals surface area contributed by atoms with Crippen molar-refractivity contribution in [1.82, 2.24) is 0 Å². The first kappa shape index (κ1) is 13.9. The second-order valence-electron chi connectivity index (χ2n) is 3.99. The largest absolute Gasteiger partial charge is 0.494 e. The third-order valence-electron chi connectivity index (χ3n) is 2.69. The highest BCUT2D eigenvalue weighted by Crippen LogP contribution is 2.25. The zero-order chi connectivity index (χ0) is 14.5. The van der Waals surface area contributed by atoms with Crippen molar-refractivity contribution >= 4 is 11.7 Å². The van der Waals surface area contributed by atoms with Gasteiger partial charge in [0.25, 0.3) is 0 Å². The van der Waals surface area contributed by atoms with Crippen molar-refractivity contribution in [3.63, 3.8) is 0 Å². The van der Waals surface area contributed by atoms with E-state index in [0.29, 0.717) is 29.3 Å². The second kappa shape index (κ2) is 6.10. The number of hydrogen-bond acceptors (Lipinski definition) is 5. The zero-order valence-corrected chi connectivity index (χ0v) is 11.1. The number of furan rings is 1. The third-order valence-corrected chi connectivity index (χ3v) is 2.69. The normalized spacial score (nSPS) is 10.2. The predicted octanol–water partition coefficient (Wildman–Crippen LogP) is 2.83. The highest BCUT2D eigenvalue weighted by atomic mass is 19.1. The van der Waals surface area contributed by atoms with Crippen LogP contribution in [0.1, 0.15) is 16.1 Å². The van der Waals surface area contributed by atoms with Crippen molar-refractivity contribution in [2.24, 2.45) is 0 Å². The van der Waals surface area contributed by atoms with Crippen LogP contribution in [0.3, 0.4) is 0 Å². The molecule has 0 fully saturated rings. The van der Waals surface area contributed by atoms with Crippen LogP contribution in [0.4, 0.5) is 10.1 Å². The van der Waals surface area contributed by atoms with Gasteiger partial charge in [0.05, 0.1) is 32.0 Å². The fourth-order valence-corrected chi connectivity index (χ4v) is 1.69. The molecule has 0 spiro atoms. The van der Waals surface area contributed by atoms with Crippen LogP contribution < -0.4 is 10.1 Å². The number of nitrogens with one attached hydrogen (secondary N) is 1. The molecule has 0 aliphatic carbocycles. The molecule has 1 heterocycles. The van der Waals surface area contributed by atoms with Gasteiger partial charge in [0.1, 0.15) is 23.6 Å². The summed E-state index contributed by atoms with van der Waals surface area (Å²) in [7, 11) is 2.76. The molecule has 0 unspecified atom stereocenters. The number of halogens is 1. The van der Waals surface area contributed by atoms with Crippen LogP contribution in [0.5, 0.6) is 5.75 Å². The number of methoxy groups -OCH3 is 2. The Kier molecular flexibility index (Phi) is 4.24. The van der Waals surface area contributed by atoms with Crippen molar-refractivity contribution in [3.05, 3.63) is 47.7 Å². The predicted molar refractivity (Wildman–Crippen MR) is 70.3 cm³/mol. The summed E-state index contributed by atoms with van der Waals surface area (Å²) in [5, 5.41) is 3.04. The van der Waals surface area contributed by atoms with Crippen LogP contribution in [-0.4, -0.2) is 20.2 Å². The molecule has 2 aromatic rings. The standard InChI is InChI=1S/C14H14FNO4/c1-18-13-6-10(15)3-4-12(13)16-7-11-5-9(8-20-11)14(17)19-2/h3-6,8,16H,7H2,1-2H3. The van der Waals surface area contributed by atoms with Crippen LogP contribution in [0, 0.1) is 5.82 Å². The summed E-state index contributed by atoms with van der Waals surface area (Å²) in [6, 6.07) is 5.75. The molecule has 0 saturated carbocycles. The highest BCUT2D eigenvalue weighted by Gasteiger charge is 2.11. The van der Waals surface area contributed by atoms with Crippen LogP contribution in [0.2, 0.25) is 0 Å². The summed E-state index contributed by atoms with van der Waals surface area (Å²) in [5.74, 6) is 0.110. The van der Waals surface area contributed by atoms with E-state index in [4.69, 9.17) is 9.15 Å². The fraction of sp³-hybridized carbons (Fsp3) is 0.214. The maximum Gasteiger partial charge on any atom is 0.341 e. The smallest absolute Gasteiger partial charge is 0.341 e. The Morgan fingerprint density at radius 1 is 1.35 bits per heavy atom. The van der Waals surface area contributed by atoms with E-state index in [0.717, 1.165) is 0 Å². The summed E-state index contributed by atoms with van der Waals surface area (Å²) in [6.45, 7) is 0.332. The lowest BCUT2D eigenvalue weighted by Gasteiger charge is -2.09. The summed E-state index contributed by atoms with van der Waals surface area (Å²) in [6.07, 6.45) is 1.32. The Morgan fingerprint density at radius 3 is 2.85 bits per heavy atom. The quantitative estimate of drug-likeness (QED) is 0.853. The van der Waals surface area contributed by atoms with Gasteiger partial charge in [-0.05, 0) is 18.2 Å². The second-order valence-corrected chi connectivity index (χ2v) is 3.99. The lowest BCUT2D eigenvalue weighted by atomic mass is 10.2. The Morgan fingerprint density at radius 2 is 2.15 bits per heavy atom. The Labute approximate surface area is 115 Å². The minimum Gasteiger partial charge on any atom is -0.494 e. The first-order valence-corrected chi connectivity index (χ1v) is 5.87. The SMILES string of the molecule is COC(=O)c1coc(CNc2ccc(F)cc2OC)c1. The van der Waals surface area contributed by atoms with Crippen molar-refractivity contribution < 1.29 is 23.1 Å². The van der Waals surface area contributed by atoms with Crippen molar-refractivity contribution in [2.75, 3.05) is 19.5 Å². The molecule has 0 radical (unpaired) electrons. The van der Waals surface area contributed by atoms with E-state index in [1.165, 1.54) is 32.6 Å². The molecule has 20 heavy (non-hydrogen) atoms. The Hall–Kier alpha value is -2.50. The summed E-state index contributed by atoms with van der Waals surface area (Å²) < 4.78 is 27.9. The molecule has 0 bridgehead atoms. The van der Waals surface area contributed by atoms with Crippen molar-refractivity contribution in [2.45, 2.75) is 6.54 Å². The average molecular weight is 279 g/mol. The molecule has 6 heteroatoms. The lowest BCUT2D eigenvalue weighted by Crippen LogP contribution is -2.01. The maximum atomic E-state index is 13.1. The van der Waals surface area contributed by atoms with E-state index >= 15 is 0 Å². The molecule has 106 valence electrons. The van der Waals surface area contributed by atoms with E-state index in [9.17, 15) is 9.18 Å². The van der Waals surface area contributed by atoms with Crippen molar-refractivity contribution in [1.29, 1.82) is 0 Å². The minimum absolute atomic E-state index is 0.332.